The van der Waals surface area contributed by atoms with Crippen molar-refractivity contribution in [3.05, 3.63) is 102 Å². The topological polar surface area (TPSA) is 23.6 Å². The minimum atomic E-state index is -0.174. The summed E-state index contributed by atoms with van der Waals surface area (Å²) in [6, 6.07) is 24.4. The van der Waals surface area contributed by atoms with Gasteiger partial charge in [0, 0.05) is 37.4 Å². The van der Waals surface area contributed by atoms with Crippen molar-refractivity contribution in [3.8, 4) is 0 Å². The third-order valence-electron chi connectivity index (χ3n) is 5.22. The van der Waals surface area contributed by atoms with Crippen molar-refractivity contribution < 1.29 is 9.18 Å². The van der Waals surface area contributed by atoms with Crippen molar-refractivity contribution in [2.75, 3.05) is 36.0 Å². The molecule has 1 aliphatic rings. The van der Waals surface area contributed by atoms with Crippen molar-refractivity contribution >= 4 is 23.2 Å². The van der Waals surface area contributed by atoms with Crippen LogP contribution >= 0.6 is 0 Å². The van der Waals surface area contributed by atoms with Crippen LogP contribution in [0.5, 0.6) is 0 Å². The molecule has 1 saturated heterocycles. The van der Waals surface area contributed by atoms with Crippen molar-refractivity contribution in [2.45, 2.75) is 0 Å². The zero-order valence-corrected chi connectivity index (χ0v) is 16.2. The van der Waals surface area contributed by atoms with E-state index in [0.29, 0.717) is 11.3 Å². The van der Waals surface area contributed by atoms with E-state index in [1.165, 1.54) is 6.07 Å². The number of anilines is 2. The van der Waals surface area contributed by atoms with Crippen LogP contribution in [0, 0.1) is 5.82 Å². The molecule has 1 fully saturated rings. The third kappa shape index (κ3) is 4.54. The molecule has 0 N–H and O–H groups in total. The molecule has 0 aromatic heterocycles. The summed E-state index contributed by atoms with van der Waals surface area (Å²) in [4.78, 5) is 16.7. The standard InChI is InChI=1S/C25H23FN2O/c26-23-8-4-5-9-24(23)28-18-16-27(17-19-28)22-13-11-21(12-14-22)25(29)15-10-20-6-2-1-3-7-20/h1-15H,16-19H2/b15-10+. The predicted molar refractivity (Wildman–Crippen MR) is 117 cm³/mol. The lowest BCUT2D eigenvalue weighted by Gasteiger charge is -2.37. The number of carbonyl (C=O) groups is 1. The van der Waals surface area contributed by atoms with Crippen LogP contribution in [0.4, 0.5) is 15.8 Å². The number of hydrogen-bond donors (Lipinski definition) is 0. The number of hydrogen-bond acceptors (Lipinski definition) is 3. The number of benzene rings is 3. The predicted octanol–water partition coefficient (Wildman–Crippen LogP) is 5.05. The fourth-order valence-electron chi connectivity index (χ4n) is 3.58. The average Bonchev–Trinajstić information content (AvgIpc) is 2.79. The van der Waals surface area contributed by atoms with Crippen molar-refractivity contribution in [1.29, 1.82) is 0 Å². The van der Waals surface area contributed by atoms with Gasteiger partial charge in [-0.15, -0.1) is 0 Å². The van der Waals surface area contributed by atoms with E-state index < -0.39 is 0 Å². The van der Waals surface area contributed by atoms with Crippen LogP contribution in [0.15, 0.2) is 84.9 Å². The molecule has 4 heteroatoms. The summed E-state index contributed by atoms with van der Waals surface area (Å²) in [5, 5.41) is 0. The number of ketones is 1. The van der Waals surface area contributed by atoms with Gasteiger partial charge >= 0.3 is 0 Å². The molecule has 3 aromatic rings. The molecule has 1 aliphatic heterocycles. The summed E-state index contributed by atoms with van der Waals surface area (Å²) >= 11 is 0. The highest BCUT2D eigenvalue weighted by atomic mass is 19.1. The average molecular weight is 386 g/mol. The molecule has 146 valence electrons. The molecule has 0 bridgehead atoms. The maximum atomic E-state index is 14.0. The van der Waals surface area contributed by atoms with Crippen LogP contribution in [-0.2, 0) is 0 Å². The molecular formula is C25H23FN2O. The van der Waals surface area contributed by atoms with Gasteiger partial charge < -0.3 is 9.80 Å². The lowest BCUT2D eigenvalue weighted by molar-refractivity contribution is 0.104. The highest BCUT2D eigenvalue weighted by molar-refractivity contribution is 6.06. The molecule has 1 heterocycles. The minimum Gasteiger partial charge on any atom is -0.368 e. The molecule has 29 heavy (non-hydrogen) atoms. The molecule has 0 spiro atoms. The zero-order chi connectivity index (χ0) is 20.1. The lowest BCUT2D eigenvalue weighted by atomic mass is 10.1. The molecule has 0 atom stereocenters. The van der Waals surface area contributed by atoms with Crippen LogP contribution < -0.4 is 9.80 Å². The van der Waals surface area contributed by atoms with Gasteiger partial charge in [-0.25, -0.2) is 4.39 Å². The van der Waals surface area contributed by atoms with E-state index in [0.717, 1.165) is 37.4 Å². The molecule has 0 radical (unpaired) electrons. The van der Waals surface area contributed by atoms with E-state index in [4.69, 9.17) is 0 Å². The second-order valence-electron chi connectivity index (χ2n) is 7.08. The summed E-state index contributed by atoms with van der Waals surface area (Å²) < 4.78 is 14.0. The lowest BCUT2D eigenvalue weighted by Crippen LogP contribution is -2.46. The van der Waals surface area contributed by atoms with Gasteiger partial charge in [-0.2, -0.15) is 0 Å². The Bertz CT molecular complexity index is 991. The molecule has 3 nitrogen and oxygen atoms in total. The van der Waals surface area contributed by atoms with Crippen LogP contribution in [-0.4, -0.2) is 32.0 Å². The van der Waals surface area contributed by atoms with E-state index in [2.05, 4.69) is 9.80 Å². The zero-order valence-electron chi connectivity index (χ0n) is 16.2. The second-order valence-corrected chi connectivity index (χ2v) is 7.08. The molecule has 0 aliphatic carbocycles. The Balaban J connectivity index is 1.37. The number of nitrogens with zero attached hydrogens (tertiary/aromatic N) is 2. The first-order chi connectivity index (χ1) is 14.2. The fourth-order valence-corrected chi connectivity index (χ4v) is 3.58. The number of halogens is 1. The number of rotatable bonds is 5. The van der Waals surface area contributed by atoms with Gasteiger partial charge in [-0.3, -0.25) is 4.79 Å². The maximum Gasteiger partial charge on any atom is 0.185 e. The van der Waals surface area contributed by atoms with Crippen LogP contribution in [0.3, 0.4) is 0 Å². The third-order valence-corrected chi connectivity index (χ3v) is 5.22. The summed E-state index contributed by atoms with van der Waals surface area (Å²) in [5.41, 5.74) is 3.43. The van der Waals surface area contributed by atoms with Gasteiger partial charge in [0.05, 0.1) is 5.69 Å². The quantitative estimate of drug-likeness (QED) is 0.453. The highest BCUT2D eigenvalue weighted by Crippen LogP contribution is 2.23. The van der Waals surface area contributed by atoms with Gasteiger partial charge in [0.15, 0.2) is 5.78 Å². The first-order valence-corrected chi connectivity index (χ1v) is 9.83. The van der Waals surface area contributed by atoms with E-state index in [1.54, 1.807) is 12.1 Å². The molecule has 0 unspecified atom stereocenters. The Morgan fingerprint density at radius 1 is 0.759 bits per heavy atom. The second kappa shape index (κ2) is 8.74. The minimum absolute atomic E-state index is 0.00947. The first kappa shape index (κ1) is 18.9. The van der Waals surface area contributed by atoms with Crippen molar-refractivity contribution in [1.82, 2.24) is 0 Å². The highest BCUT2D eigenvalue weighted by Gasteiger charge is 2.19. The molecule has 3 aromatic carbocycles. The fraction of sp³-hybridized carbons (Fsp3) is 0.160. The number of para-hydroxylation sites is 1. The Morgan fingerprint density at radius 3 is 2.07 bits per heavy atom. The largest absolute Gasteiger partial charge is 0.368 e. The number of carbonyl (C=O) groups excluding carboxylic acids is 1. The van der Waals surface area contributed by atoms with E-state index in [-0.39, 0.29) is 11.6 Å². The Kier molecular flexibility index (Phi) is 5.71. The Morgan fingerprint density at radius 2 is 1.38 bits per heavy atom. The van der Waals surface area contributed by atoms with Gasteiger partial charge in [-0.1, -0.05) is 48.5 Å². The number of allylic oxidation sites excluding steroid dienone is 1. The summed E-state index contributed by atoms with van der Waals surface area (Å²) in [7, 11) is 0. The summed E-state index contributed by atoms with van der Waals surface area (Å²) in [6.07, 6.45) is 3.44. The van der Waals surface area contributed by atoms with Gasteiger partial charge in [0.25, 0.3) is 0 Å². The molecule has 0 amide bonds. The Labute approximate surface area is 170 Å². The normalized spacial score (nSPS) is 14.4. The summed E-state index contributed by atoms with van der Waals surface area (Å²) in [6.45, 7) is 3.16. The smallest absolute Gasteiger partial charge is 0.185 e. The van der Waals surface area contributed by atoms with Crippen LogP contribution in [0.25, 0.3) is 6.08 Å². The maximum absolute atomic E-state index is 14.0. The van der Waals surface area contributed by atoms with Crippen LogP contribution in [0.2, 0.25) is 0 Å². The summed E-state index contributed by atoms with van der Waals surface area (Å²) in [5.74, 6) is -0.183. The first-order valence-electron chi connectivity index (χ1n) is 9.83. The van der Waals surface area contributed by atoms with Gasteiger partial charge in [-0.05, 0) is 48.0 Å². The monoisotopic (exact) mass is 386 g/mol. The Hall–Kier alpha value is -3.40. The van der Waals surface area contributed by atoms with E-state index in [1.807, 2.05) is 72.8 Å². The molecule has 0 saturated carbocycles. The number of piperazine rings is 1. The molecule has 4 rings (SSSR count). The van der Waals surface area contributed by atoms with Gasteiger partial charge in [0.2, 0.25) is 0 Å². The molecular weight excluding hydrogens is 363 g/mol. The van der Waals surface area contributed by atoms with E-state index >= 15 is 0 Å². The van der Waals surface area contributed by atoms with Gasteiger partial charge in [0.1, 0.15) is 5.82 Å². The van der Waals surface area contributed by atoms with Crippen LogP contribution in [0.1, 0.15) is 15.9 Å². The van der Waals surface area contributed by atoms with Crippen molar-refractivity contribution in [3.63, 3.8) is 0 Å². The van der Waals surface area contributed by atoms with E-state index in [9.17, 15) is 9.18 Å². The SMILES string of the molecule is O=C(/C=C/c1ccccc1)c1ccc(N2CCN(c3ccccc3F)CC2)cc1. The van der Waals surface area contributed by atoms with Crippen molar-refractivity contribution in [2.24, 2.45) is 0 Å².